The molecule has 0 aliphatic heterocycles. The maximum Gasteiger partial charge on any atom is 0.316 e. The van der Waals surface area contributed by atoms with Crippen LogP contribution < -0.4 is 0 Å². The van der Waals surface area contributed by atoms with Crippen molar-refractivity contribution in [2.75, 3.05) is 7.11 Å². The van der Waals surface area contributed by atoms with Gasteiger partial charge in [0, 0.05) is 5.39 Å². The quantitative estimate of drug-likeness (QED) is 0.724. The molecular weight excluding hydrogens is 180 g/mol. The van der Waals surface area contributed by atoms with Crippen LogP contribution in [0.5, 0.6) is 0 Å². The van der Waals surface area contributed by atoms with Crippen molar-refractivity contribution < 1.29 is 9.53 Å². The number of aromatic nitrogens is 2. The van der Waals surface area contributed by atoms with E-state index >= 15 is 0 Å². The number of nitrogens with one attached hydrogen (secondary N) is 1. The number of esters is 1. The number of carbonyl (C=O) groups excluding carboxylic acids is 1. The Morgan fingerprint density at radius 3 is 3.07 bits per heavy atom. The maximum absolute atomic E-state index is 11.0. The van der Waals surface area contributed by atoms with Gasteiger partial charge in [-0.2, -0.15) is 5.10 Å². The lowest BCUT2D eigenvalue weighted by molar-refractivity contribution is -0.136. The number of para-hydroxylation sites is 1. The highest BCUT2D eigenvalue weighted by molar-refractivity contribution is 5.91. The van der Waals surface area contributed by atoms with Crippen LogP contribution in [0.15, 0.2) is 24.3 Å². The lowest BCUT2D eigenvalue weighted by atomic mass is 10.2. The lowest BCUT2D eigenvalue weighted by Gasteiger charge is -1.94. The van der Waals surface area contributed by atoms with Crippen LogP contribution in [-0.2, 0) is 9.53 Å². The van der Waals surface area contributed by atoms with Gasteiger partial charge in [0.25, 0.3) is 0 Å². The Hall–Kier alpha value is -1.84. The first-order chi connectivity index (χ1) is 6.81. The van der Waals surface area contributed by atoms with E-state index in [2.05, 4.69) is 14.9 Å². The second-order valence-corrected chi connectivity index (χ2v) is 2.82. The van der Waals surface area contributed by atoms with E-state index in [1.165, 1.54) is 13.5 Å². The fourth-order valence-corrected chi connectivity index (χ4v) is 1.27. The molecule has 4 heteroatoms. The van der Waals surface area contributed by atoms with E-state index < -0.39 is 5.97 Å². The van der Waals surface area contributed by atoms with E-state index in [1.54, 1.807) is 0 Å². The zero-order valence-corrected chi connectivity index (χ0v) is 7.65. The summed E-state index contributed by atoms with van der Waals surface area (Å²) in [4.78, 5) is 11.0. The highest BCUT2D eigenvalue weighted by Gasteiger charge is 2.10. The molecule has 0 saturated heterocycles. The van der Waals surface area contributed by atoms with Gasteiger partial charge in [0.1, 0.15) is 6.42 Å². The molecule has 0 spiro atoms. The summed E-state index contributed by atoms with van der Waals surface area (Å²) < 4.78 is 4.52. The van der Waals surface area contributed by atoms with E-state index in [1.807, 2.05) is 24.3 Å². The molecule has 1 aromatic heterocycles. The smallest absolute Gasteiger partial charge is 0.316 e. The molecule has 2 rings (SSSR count). The molecule has 0 amide bonds. The summed E-state index contributed by atoms with van der Waals surface area (Å²) in [5, 5.41) is 7.75. The SMILES string of the molecule is COC(=O)[CH]c1n[nH]c2ccccc12. The number of rotatable bonds is 2. The van der Waals surface area contributed by atoms with Gasteiger partial charge in [0.2, 0.25) is 0 Å². The van der Waals surface area contributed by atoms with Crippen molar-refractivity contribution in [1.82, 2.24) is 10.2 Å². The number of benzene rings is 1. The second-order valence-electron chi connectivity index (χ2n) is 2.82. The molecule has 0 atom stereocenters. The van der Waals surface area contributed by atoms with Gasteiger partial charge in [-0.05, 0) is 6.07 Å². The number of aromatic amines is 1. The molecule has 0 unspecified atom stereocenters. The van der Waals surface area contributed by atoms with Crippen molar-refractivity contribution >= 4 is 16.9 Å². The molecule has 1 N–H and O–H groups in total. The van der Waals surface area contributed by atoms with Crippen LogP contribution in [0.4, 0.5) is 0 Å². The third-order valence-electron chi connectivity index (χ3n) is 1.96. The first kappa shape index (κ1) is 8.74. The third-order valence-corrected chi connectivity index (χ3v) is 1.96. The summed E-state index contributed by atoms with van der Waals surface area (Å²) in [5.74, 6) is -0.401. The minimum atomic E-state index is -0.401. The zero-order valence-electron chi connectivity index (χ0n) is 7.65. The van der Waals surface area contributed by atoms with Crippen molar-refractivity contribution in [3.05, 3.63) is 36.4 Å². The normalized spacial score (nSPS) is 10.4. The largest absolute Gasteiger partial charge is 0.468 e. The van der Waals surface area contributed by atoms with Gasteiger partial charge in [-0.1, -0.05) is 18.2 Å². The van der Waals surface area contributed by atoms with Gasteiger partial charge >= 0.3 is 5.97 Å². The summed E-state index contributed by atoms with van der Waals surface area (Å²) in [6.07, 6.45) is 1.36. The zero-order chi connectivity index (χ0) is 9.97. The van der Waals surface area contributed by atoms with E-state index in [-0.39, 0.29) is 0 Å². The number of H-pyrrole nitrogens is 1. The summed E-state index contributed by atoms with van der Waals surface area (Å²) >= 11 is 0. The van der Waals surface area contributed by atoms with Crippen molar-refractivity contribution in [2.45, 2.75) is 0 Å². The number of carbonyl (C=O) groups is 1. The molecule has 1 heterocycles. The lowest BCUT2D eigenvalue weighted by Crippen LogP contribution is -2.02. The van der Waals surface area contributed by atoms with E-state index in [4.69, 9.17) is 0 Å². The first-order valence-corrected chi connectivity index (χ1v) is 4.17. The summed E-state index contributed by atoms with van der Waals surface area (Å²) in [6.45, 7) is 0. The fourth-order valence-electron chi connectivity index (χ4n) is 1.27. The van der Waals surface area contributed by atoms with Crippen molar-refractivity contribution in [3.8, 4) is 0 Å². The molecular formula is C10H9N2O2. The van der Waals surface area contributed by atoms with Crippen molar-refractivity contribution in [3.63, 3.8) is 0 Å². The van der Waals surface area contributed by atoms with Crippen LogP contribution in [0.1, 0.15) is 5.69 Å². The highest BCUT2D eigenvalue weighted by atomic mass is 16.5. The Morgan fingerprint density at radius 2 is 2.29 bits per heavy atom. The minimum absolute atomic E-state index is 0.401. The molecule has 4 nitrogen and oxygen atoms in total. The molecule has 2 aromatic rings. The predicted octanol–water partition coefficient (Wildman–Crippen LogP) is 1.29. The Balaban J connectivity index is 2.38. The number of ether oxygens (including phenoxy) is 1. The molecule has 0 aliphatic rings. The Morgan fingerprint density at radius 1 is 1.50 bits per heavy atom. The summed E-state index contributed by atoms with van der Waals surface area (Å²) in [6, 6.07) is 7.60. The van der Waals surface area contributed by atoms with Gasteiger partial charge in [-0.3, -0.25) is 9.89 Å². The van der Waals surface area contributed by atoms with Crippen LogP contribution in [0.3, 0.4) is 0 Å². The average molecular weight is 189 g/mol. The molecule has 1 aromatic carbocycles. The molecule has 0 fully saturated rings. The van der Waals surface area contributed by atoms with Crippen LogP contribution in [0.25, 0.3) is 10.9 Å². The van der Waals surface area contributed by atoms with Crippen molar-refractivity contribution in [1.29, 1.82) is 0 Å². The van der Waals surface area contributed by atoms with E-state index in [9.17, 15) is 4.79 Å². The fraction of sp³-hybridized carbons (Fsp3) is 0.100. The van der Waals surface area contributed by atoms with E-state index in [0.717, 1.165) is 10.9 Å². The van der Waals surface area contributed by atoms with Crippen LogP contribution in [0, 0.1) is 6.42 Å². The molecule has 14 heavy (non-hydrogen) atoms. The number of fused-ring (bicyclic) bond motifs is 1. The average Bonchev–Trinajstić information content (AvgIpc) is 2.62. The maximum atomic E-state index is 11.0. The topological polar surface area (TPSA) is 55.0 Å². The van der Waals surface area contributed by atoms with Crippen molar-refractivity contribution in [2.24, 2.45) is 0 Å². The number of hydrogen-bond donors (Lipinski definition) is 1. The summed E-state index contributed by atoms with van der Waals surface area (Å²) in [7, 11) is 1.34. The van der Waals surface area contributed by atoms with Gasteiger partial charge in [0.05, 0.1) is 18.3 Å². The predicted molar refractivity (Wildman–Crippen MR) is 51.5 cm³/mol. The van der Waals surface area contributed by atoms with Crippen LogP contribution >= 0.6 is 0 Å². The minimum Gasteiger partial charge on any atom is -0.468 e. The van der Waals surface area contributed by atoms with Gasteiger partial charge in [-0.15, -0.1) is 0 Å². The Labute approximate surface area is 80.9 Å². The Bertz CT molecular complexity index is 462. The number of hydrogen-bond acceptors (Lipinski definition) is 3. The molecule has 71 valence electrons. The molecule has 1 radical (unpaired) electrons. The highest BCUT2D eigenvalue weighted by Crippen LogP contribution is 2.16. The molecule has 0 bridgehead atoms. The first-order valence-electron chi connectivity index (χ1n) is 4.17. The van der Waals surface area contributed by atoms with Crippen LogP contribution in [-0.4, -0.2) is 23.3 Å². The van der Waals surface area contributed by atoms with Crippen LogP contribution in [0.2, 0.25) is 0 Å². The third kappa shape index (κ3) is 1.46. The van der Waals surface area contributed by atoms with Gasteiger partial charge < -0.3 is 4.74 Å². The number of nitrogens with zero attached hydrogens (tertiary/aromatic N) is 1. The van der Waals surface area contributed by atoms with Gasteiger partial charge in [0.15, 0.2) is 0 Å². The van der Waals surface area contributed by atoms with Gasteiger partial charge in [-0.25, -0.2) is 0 Å². The second kappa shape index (κ2) is 3.49. The van der Waals surface area contributed by atoms with E-state index in [0.29, 0.717) is 5.69 Å². The standard InChI is InChI=1S/C10H9N2O2/c1-14-10(13)6-9-7-4-2-3-5-8(7)11-12-9/h2-6H,1H3,(H,11,12). The monoisotopic (exact) mass is 189 g/mol. The number of methoxy groups -OCH3 is 1. The Kier molecular flexibility index (Phi) is 2.18. The summed E-state index contributed by atoms with van der Waals surface area (Å²) in [5.41, 5.74) is 1.51. The molecule has 0 saturated carbocycles. The molecule has 0 aliphatic carbocycles.